The topological polar surface area (TPSA) is 77.1 Å². The summed E-state index contributed by atoms with van der Waals surface area (Å²) in [6.45, 7) is 1.78. The van der Waals surface area contributed by atoms with Crippen molar-refractivity contribution in [1.82, 2.24) is 10.2 Å². The molecule has 9 heteroatoms. The summed E-state index contributed by atoms with van der Waals surface area (Å²) in [7, 11) is 1.38. The summed E-state index contributed by atoms with van der Waals surface area (Å²) in [5.74, 6) is -3.06. The van der Waals surface area contributed by atoms with Gasteiger partial charge in [0.15, 0.2) is 6.10 Å². The first-order valence-corrected chi connectivity index (χ1v) is 10.3. The van der Waals surface area contributed by atoms with Crippen LogP contribution in [0.4, 0.5) is 8.78 Å². The summed E-state index contributed by atoms with van der Waals surface area (Å²) in [5, 5.41) is 2.73. The van der Waals surface area contributed by atoms with Crippen LogP contribution in [0.3, 0.4) is 0 Å². The van der Waals surface area contributed by atoms with Crippen LogP contribution in [0.5, 0.6) is 5.75 Å². The van der Waals surface area contributed by atoms with E-state index in [1.165, 1.54) is 7.11 Å². The smallest absolute Gasteiger partial charge is 0.263 e. The van der Waals surface area contributed by atoms with E-state index in [-0.39, 0.29) is 24.8 Å². The van der Waals surface area contributed by atoms with E-state index in [0.717, 1.165) is 17.7 Å². The monoisotopic (exact) mass is 448 g/mol. The van der Waals surface area contributed by atoms with E-state index in [2.05, 4.69) is 5.32 Å². The lowest BCUT2D eigenvalue weighted by molar-refractivity contribution is -0.137. The lowest BCUT2D eigenvalue weighted by Crippen LogP contribution is -2.47. The Hall–Kier alpha value is -3.04. The molecule has 3 rings (SSSR count). The molecule has 1 heterocycles. The molecular formula is C23H26F2N2O5. The fourth-order valence-electron chi connectivity index (χ4n) is 3.43. The molecule has 0 saturated carbocycles. The molecule has 0 aromatic heterocycles. The van der Waals surface area contributed by atoms with Gasteiger partial charge in [0.2, 0.25) is 5.91 Å². The van der Waals surface area contributed by atoms with Crippen LogP contribution in [0.15, 0.2) is 48.5 Å². The van der Waals surface area contributed by atoms with Crippen molar-refractivity contribution in [2.75, 3.05) is 46.6 Å². The molecule has 0 radical (unpaired) electrons. The molecule has 2 aromatic rings. The molecule has 172 valence electrons. The van der Waals surface area contributed by atoms with Gasteiger partial charge >= 0.3 is 0 Å². The fraction of sp³-hybridized carbons (Fsp3) is 0.391. The summed E-state index contributed by atoms with van der Waals surface area (Å²) in [4.78, 5) is 27.7. The average Bonchev–Trinajstić information content (AvgIpc) is 2.79. The molecule has 2 aromatic carbocycles. The predicted octanol–water partition coefficient (Wildman–Crippen LogP) is 2.12. The number of amides is 2. The van der Waals surface area contributed by atoms with E-state index in [4.69, 9.17) is 14.2 Å². The standard InChI is InChI=1S/C23H26F2N2O5/c1-30-15-21(32-19-12-17(24)11-18(25)13-19)22(28)26-14-20(16-5-3-2-4-6-16)23(29)27-7-9-31-10-8-27/h2-6,11-13,20-21H,7-10,14-15H2,1H3,(H,26,28). The second-order valence-electron chi connectivity index (χ2n) is 7.31. The zero-order valence-corrected chi connectivity index (χ0v) is 17.8. The predicted molar refractivity (Wildman–Crippen MR) is 112 cm³/mol. The number of hydrogen-bond acceptors (Lipinski definition) is 5. The number of methoxy groups -OCH3 is 1. The molecule has 1 aliphatic rings. The van der Waals surface area contributed by atoms with Crippen molar-refractivity contribution in [3.05, 3.63) is 65.7 Å². The number of nitrogens with zero attached hydrogens (tertiary/aromatic N) is 1. The molecule has 2 atom stereocenters. The summed E-state index contributed by atoms with van der Waals surface area (Å²) in [6, 6.07) is 11.8. The van der Waals surface area contributed by atoms with Gasteiger partial charge in [0.05, 0.1) is 25.7 Å². The molecule has 2 amide bonds. The van der Waals surface area contributed by atoms with Gasteiger partial charge in [0.1, 0.15) is 17.4 Å². The third-order valence-electron chi connectivity index (χ3n) is 5.03. The van der Waals surface area contributed by atoms with Crippen molar-refractivity contribution in [1.29, 1.82) is 0 Å². The van der Waals surface area contributed by atoms with Crippen LogP contribution < -0.4 is 10.1 Å². The molecule has 2 unspecified atom stereocenters. The number of carbonyl (C=O) groups excluding carboxylic acids is 2. The Balaban J connectivity index is 1.71. The summed E-state index contributed by atoms with van der Waals surface area (Å²) < 4.78 is 42.8. The molecule has 1 fully saturated rings. The summed E-state index contributed by atoms with van der Waals surface area (Å²) in [6.07, 6.45) is -1.16. The van der Waals surface area contributed by atoms with Crippen molar-refractivity contribution in [3.63, 3.8) is 0 Å². The molecule has 1 aliphatic heterocycles. The van der Waals surface area contributed by atoms with Crippen LogP contribution >= 0.6 is 0 Å². The minimum absolute atomic E-state index is 0.0279. The lowest BCUT2D eigenvalue weighted by Gasteiger charge is -2.31. The average molecular weight is 448 g/mol. The summed E-state index contributed by atoms with van der Waals surface area (Å²) in [5.41, 5.74) is 0.765. The highest BCUT2D eigenvalue weighted by molar-refractivity contribution is 5.86. The van der Waals surface area contributed by atoms with Gasteiger partial charge in [0.25, 0.3) is 5.91 Å². The van der Waals surface area contributed by atoms with Crippen molar-refractivity contribution >= 4 is 11.8 Å². The van der Waals surface area contributed by atoms with Gasteiger partial charge in [-0.3, -0.25) is 9.59 Å². The van der Waals surface area contributed by atoms with Crippen molar-refractivity contribution in [3.8, 4) is 5.75 Å². The van der Waals surface area contributed by atoms with Gasteiger partial charge in [-0.15, -0.1) is 0 Å². The highest BCUT2D eigenvalue weighted by Crippen LogP contribution is 2.20. The van der Waals surface area contributed by atoms with Gasteiger partial charge in [-0.1, -0.05) is 30.3 Å². The Morgan fingerprint density at radius 2 is 1.75 bits per heavy atom. The molecule has 0 spiro atoms. The zero-order chi connectivity index (χ0) is 22.9. The molecule has 0 aliphatic carbocycles. The number of benzene rings is 2. The zero-order valence-electron chi connectivity index (χ0n) is 17.8. The normalized spacial score (nSPS) is 15.7. The van der Waals surface area contributed by atoms with E-state index in [9.17, 15) is 18.4 Å². The molecular weight excluding hydrogens is 422 g/mol. The number of halogens is 2. The van der Waals surface area contributed by atoms with Gasteiger partial charge in [-0.2, -0.15) is 0 Å². The van der Waals surface area contributed by atoms with E-state index in [0.29, 0.717) is 32.4 Å². The van der Waals surface area contributed by atoms with Gasteiger partial charge < -0.3 is 24.4 Å². The SMILES string of the molecule is COCC(Oc1cc(F)cc(F)c1)C(=O)NCC(C(=O)N1CCOCC1)c1ccccc1. The van der Waals surface area contributed by atoms with Gasteiger partial charge in [0, 0.05) is 44.9 Å². The quantitative estimate of drug-likeness (QED) is 0.636. The third kappa shape index (κ3) is 6.48. The number of morpholine rings is 1. The maximum Gasteiger partial charge on any atom is 0.263 e. The van der Waals surface area contributed by atoms with Crippen LogP contribution in [0, 0.1) is 11.6 Å². The van der Waals surface area contributed by atoms with Crippen LogP contribution in [0.25, 0.3) is 0 Å². The van der Waals surface area contributed by atoms with Gasteiger partial charge in [-0.05, 0) is 5.56 Å². The highest BCUT2D eigenvalue weighted by atomic mass is 19.1. The second kappa shape index (κ2) is 11.5. The lowest BCUT2D eigenvalue weighted by atomic mass is 9.97. The van der Waals surface area contributed by atoms with Crippen LogP contribution in [-0.4, -0.2) is 69.4 Å². The van der Waals surface area contributed by atoms with Crippen LogP contribution in [0.1, 0.15) is 11.5 Å². The maximum atomic E-state index is 13.5. The maximum absolute atomic E-state index is 13.5. The Bertz CT molecular complexity index is 886. The van der Waals surface area contributed by atoms with Crippen LogP contribution in [-0.2, 0) is 19.1 Å². The number of hydrogen-bond donors (Lipinski definition) is 1. The first kappa shape index (κ1) is 23.6. The molecule has 0 bridgehead atoms. The first-order valence-electron chi connectivity index (χ1n) is 10.3. The minimum Gasteiger partial charge on any atom is -0.478 e. The number of rotatable bonds is 9. The Morgan fingerprint density at radius 1 is 1.09 bits per heavy atom. The molecule has 1 saturated heterocycles. The van der Waals surface area contributed by atoms with E-state index >= 15 is 0 Å². The van der Waals surface area contributed by atoms with Crippen molar-refractivity contribution in [2.45, 2.75) is 12.0 Å². The number of ether oxygens (including phenoxy) is 3. The largest absolute Gasteiger partial charge is 0.478 e. The highest BCUT2D eigenvalue weighted by Gasteiger charge is 2.29. The molecule has 1 N–H and O–H groups in total. The fourth-order valence-corrected chi connectivity index (χ4v) is 3.43. The van der Waals surface area contributed by atoms with E-state index < -0.39 is 29.6 Å². The third-order valence-corrected chi connectivity index (χ3v) is 5.03. The van der Waals surface area contributed by atoms with E-state index in [1.54, 1.807) is 4.90 Å². The minimum atomic E-state index is -1.16. The molecule has 32 heavy (non-hydrogen) atoms. The summed E-state index contributed by atoms with van der Waals surface area (Å²) >= 11 is 0. The Morgan fingerprint density at radius 3 is 2.38 bits per heavy atom. The Kier molecular flexibility index (Phi) is 8.52. The second-order valence-corrected chi connectivity index (χ2v) is 7.31. The number of carbonyl (C=O) groups is 2. The van der Waals surface area contributed by atoms with E-state index in [1.807, 2.05) is 30.3 Å². The van der Waals surface area contributed by atoms with Crippen molar-refractivity contribution in [2.24, 2.45) is 0 Å². The van der Waals surface area contributed by atoms with Gasteiger partial charge in [-0.25, -0.2) is 8.78 Å². The molecule has 7 nitrogen and oxygen atoms in total. The van der Waals surface area contributed by atoms with Crippen LogP contribution in [0.2, 0.25) is 0 Å². The first-order chi connectivity index (χ1) is 15.5. The Labute approximate surface area is 185 Å². The number of nitrogens with one attached hydrogen (secondary N) is 1. The van der Waals surface area contributed by atoms with Crippen molar-refractivity contribution < 1.29 is 32.6 Å².